The summed E-state index contributed by atoms with van der Waals surface area (Å²) in [6.07, 6.45) is 12.3. The molecule has 7 heteroatoms. The van der Waals surface area contributed by atoms with Crippen molar-refractivity contribution >= 4 is 17.8 Å². The highest BCUT2D eigenvalue weighted by Crippen LogP contribution is 2.77. The van der Waals surface area contributed by atoms with E-state index in [2.05, 4.69) is 53.0 Å². The van der Waals surface area contributed by atoms with Crippen LogP contribution in [0.4, 0.5) is 0 Å². The molecule has 0 radical (unpaired) electrons. The van der Waals surface area contributed by atoms with Crippen LogP contribution in [0.3, 0.4) is 0 Å². The molecular formula is C42H67NO6. The Labute approximate surface area is 296 Å². The van der Waals surface area contributed by atoms with Crippen molar-refractivity contribution in [1.29, 1.82) is 0 Å². The van der Waals surface area contributed by atoms with E-state index in [0.717, 1.165) is 77.2 Å². The number of likely N-dealkylation sites (tertiary alicyclic amines) is 1. The van der Waals surface area contributed by atoms with Gasteiger partial charge in [-0.3, -0.25) is 14.4 Å². The summed E-state index contributed by atoms with van der Waals surface area (Å²) in [6.45, 7) is 23.7. The van der Waals surface area contributed by atoms with Crippen molar-refractivity contribution in [3.05, 3.63) is 12.2 Å². The van der Waals surface area contributed by atoms with Crippen LogP contribution in [0.5, 0.6) is 0 Å². The molecule has 1 heterocycles. The van der Waals surface area contributed by atoms with Gasteiger partial charge in [0.15, 0.2) is 0 Å². The zero-order valence-electron chi connectivity index (χ0n) is 32.0. The number of hydrogen-bond donors (Lipinski definition) is 2. The summed E-state index contributed by atoms with van der Waals surface area (Å²) in [5, 5.41) is 19.5. The van der Waals surface area contributed by atoms with Gasteiger partial charge in [0.05, 0.1) is 30.9 Å². The molecule has 1 aliphatic heterocycles. The van der Waals surface area contributed by atoms with Crippen LogP contribution in [0.1, 0.15) is 145 Å². The van der Waals surface area contributed by atoms with Crippen molar-refractivity contribution in [2.45, 2.75) is 157 Å². The van der Waals surface area contributed by atoms with Gasteiger partial charge in [-0.15, -0.1) is 0 Å². The molecule has 1 amide bonds. The number of carbonyl (C=O) groups is 3. The Kier molecular flexibility index (Phi) is 9.31. The zero-order chi connectivity index (χ0) is 35.9. The molecule has 49 heavy (non-hydrogen) atoms. The summed E-state index contributed by atoms with van der Waals surface area (Å²) in [6, 6.07) is -0.0304. The fraction of sp³-hybridized carbons (Fsp3) is 0.881. The average molecular weight is 682 g/mol. The molecule has 0 aromatic heterocycles. The molecule has 7 nitrogen and oxygen atoms in total. The first-order valence-electron chi connectivity index (χ1n) is 19.8. The van der Waals surface area contributed by atoms with Crippen molar-refractivity contribution in [2.24, 2.45) is 62.1 Å². The number of carboxylic acids is 1. The molecule has 1 saturated heterocycles. The van der Waals surface area contributed by atoms with E-state index in [1.807, 2.05) is 13.8 Å². The van der Waals surface area contributed by atoms with Gasteiger partial charge in [-0.05, 0) is 135 Å². The minimum atomic E-state index is -0.888. The van der Waals surface area contributed by atoms with Crippen molar-refractivity contribution in [1.82, 2.24) is 4.90 Å². The number of fused-ring (bicyclic) bond motifs is 7. The van der Waals surface area contributed by atoms with Gasteiger partial charge in [0, 0.05) is 12.0 Å². The Hall–Kier alpha value is -1.89. The smallest absolute Gasteiger partial charge is 0.306 e. The number of nitrogens with zero attached hydrogens (tertiary/aromatic N) is 1. The maximum absolute atomic E-state index is 14.7. The number of aliphatic carboxylic acids is 1. The predicted molar refractivity (Wildman–Crippen MR) is 191 cm³/mol. The Morgan fingerprint density at radius 2 is 1.57 bits per heavy atom. The molecule has 2 N–H and O–H groups in total. The highest BCUT2D eigenvalue weighted by Gasteiger charge is 2.72. The summed E-state index contributed by atoms with van der Waals surface area (Å²) >= 11 is 0. The fourth-order valence-corrected chi connectivity index (χ4v) is 14.3. The van der Waals surface area contributed by atoms with Gasteiger partial charge in [0.1, 0.15) is 6.10 Å². The number of aliphatic hydroxyl groups is 1. The van der Waals surface area contributed by atoms with Crippen molar-refractivity contribution in [3.8, 4) is 0 Å². The SMILES string of the molecule is C=C(C)[C@@H]1CC[C@]2(C(=O)N3CCC[C@@H]3CO)CC[C@]3(C)[C@H](CC[C@@H]4[C@@]5(C)CC[C@H](OC(=O)CC(C)(C)CC(=O)O)C(C)(C)[C@@H]5CC[C@]43C)[C@@H]12. The Morgan fingerprint density at radius 3 is 2.22 bits per heavy atom. The first kappa shape index (κ1) is 36.9. The van der Waals surface area contributed by atoms with E-state index in [1.165, 1.54) is 12.0 Å². The van der Waals surface area contributed by atoms with Crippen LogP contribution in [0.25, 0.3) is 0 Å². The highest BCUT2D eigenvalue weighted by atomic mass is 16.5. The maximum Gasteiger partial charge on any atom is 0.306 e. The zero-order valence-corrected chi connectivity index (χ0v) is 32.0. The molecule has 11 atom stereocenters. The third-order valence-corrected chi connectivity index (χ3v) is 16.8. The molecule has 5 saturated carbocycles. The lowest BCUT2D eigenvalue weighted by molar-refractivity contribution is -0.250. The van der Waals surface area contributed by atoms with Gasteiger partial charge >= 0.3 is 11.9 Å². The Bertz CT molecular complexity index is 1350. The van der Waals surface area contributed by atoms with Crippen LogP contribution in [-0.4, -0.2) is 58.3 Å². The molecule has 0 aromatic rings. The standard InChI is InChI=1S/C42H67NO6/c1-26(2)28-14-19-42(36(48)43-22-10-11-27(43)25-44)21-20-40(8)29(35(28)42)12-13-31-39(7)17-16-32(38(5,6)30(39)15-18-41(31,40)9)49-34(47)24-37(3,4)23-33(45)46/h27-32,35,44H,1,10-25H2,2-9H3,(H,45,46)/t27-,28+,29-,30+,31-,32+,35-,39+,40-,41-,42+/m1/s1. The Balaban J connectivity index is 1.26. The minimum Gasteiger partial charge on any atom is -0.481 e. The van der Waals surface area contributed by atoms with Crippen LogP contribution in [0.15, 0.2) is 12.2 Å². The molecule has 5 aliphatic carbocycles. The first-order chi connectivity index (χ1) is 22.8. The number of allylic oxidation sites excluding steroid dienone is 1. The van der Waals surface area contributed by atoms with Gasteiger partial charge in [0.2, 0.25) is 5.91 Å². The van der Waals surface area contributed by atoms with E-state index in [-0.39, 0.29) is 64.6 Å². The number of carboxylic acid groups (broad SMARTS) is 1. The van der Waals surface area contributed by atoms with Gasteiger partial charge < -0.3 is 19.8 Å². The topological polar surface area (TPSA) is 104 Å². The molecule has 6 aliphatic rings. The van der Waals surface area contributed by atoms with E-state index >= 15 is 0 Å². The minimum absolute atomic E-state index is 0.0304. The van der Waals surface area contributed by atoms with E-state index in [4.69, 9.17) is 4.74 Å². The van der Waals surface area contributed by atoms with Gasteiger partial charge in [0.25, 0.3) is 0 Å². The van der Waals surface area contributed by atoms with E-state index in [1.54, 1.807) is 0 Å². The molecule has 6 rings (SSSR count). The summed E-state index contributed by atoms with van der Waals surface area (Å²) in [4.78, 5) is 41.4. The average Bonchev–Trinajstić information content (AvgIpc) is 3.63. The number of carbonyl (C=O) groups excluding carboxylic acids is 2. The monoisotopic (exact) mass is 681 g/mol. The Morgan fingerprint density at radius 1 is 0.857 bits per heavy atom. The first-order valence-corrected chi connectivity index (χ1v) is 19.8. The fourth-order valence-electron chi connectivity index (χ4n) is 14.3. The van der Waals surface area contributed by atoms with Gasteiger partial charge in [-0.25, -0.2) is 0 Å². The lowest BCUT2D eigenvalue weighted by Gasteiger charge is -2.73. The number of rotatable bonds is 8. The quantitative estimate of drug-likeness (QED) is 0.197. The lowest BCUT2D eigenvalue weighted by Crippen LogP contribution is -2.67. The van der Waals surface area contributed by atoms with E-state index in [0.29, 0.717) is 35.5 Å². The molecule has 0 spiro atoms. The molecule has 6 fully saturated rings. The summed E-state index contributed by atoms with van der Waals surface area (Å²) < 4.78 is 6.27. The summed E-state index contributed by atoms with van der Waals surface area (Å²) in [7, 11) is 0. The molecule has 276 valence electrons. The van der Waals surface area contributed by atoms with Crippen molar-refractivity contribution < 1.29 is 29.3 Å². The predicted octanol–water partition coefficient (Wildman–Crippen LogP) is 8.43. The molecule has 0 bridgehead atoms. The van der Waals surface area contributed by atoms with Gasteiger partial charge in [-0.1, -0.05) is 60.6 Å². The largest absolute Gasteiger partial charge is 0.481 e. The number of esters is 1. The van der Waals surface area contributed by atoms with Crippen molar-refractivity contribution in [2.75, 3.05) is 13.2 Å². The van der Waals surface area contributed by atoms with Crippen LogP contribution < -0.4 is 0 Å². The second-order valence-corrected chi connectivity index (χ2v) is 20.1. The van der Waals surface area contributed by atoms with Crippen LogP contribution in [0.2, 0.25) is 0 Å². The van der Waals surface area contributed by atoms with E-state index in [9.17, 15) is 24.6 Å². The number of hydrogen-bond acceptors (Lipinski definition) is 5. The normalized spacial score (nSPS) is 44.3. The number of amides is 1. The summed E-state index contributed by atoms with van der Waals surface area (Å²) in [5.41, 5.74) is 0.500. The molecule has 0 unspecified atom stereocenters. The summed E-state index contributed by atoms with van der Waals surface area (Å²) in [5.74, 6) is 1.34. The number of aliphatic hydroxyl groups excluding tert-OH is 1. The highest BCUT2D eigenvalue weighted by molar-refractivity contribution is 5.84. The van der Waals surface area contributed by atoms with E-state index < -0.39 is 11.4 Å². The number of ether oxygens (including phenoxy) is 1. The molecule has 0 aromatic carbocycles. The third kappa shape index (κ3) is 5.55. The third-order valence-electron chi connectivity index (χ3n) is 16.8. The van der Waals surface area contributed by atoms with Crippen LogP contribution >= 0.6 is 0 Å². The van der Waals surface area contributed by atoms with Crippen LogP contribution in [-0.2, 0) is 19.1 Å². The second-order valence-electron chi connectivity index (χ2n) is 20.1. The van der Waals surface area contributed by atoms with Crippen molar-refractivity contribution in [3.63, 3.8) is 0 Å². The lowest BCUT2D eigenvalue weighted by atomic mass is 9.32. The maximum atomic E-state index is 14.7. The van der Waals surface area contributed by atoms with Crippen LogP contribution in [0, 0.1) is 62.1 Å². The second kappa shape index (κ2) is 12.4. The van der Waals surface area contributed by atoms with Gasteiger partial charge in [-0.2, -0.15) is 0 Å². The molecular weight excluding hydrogens is 614 g/mol.